The van der Waals surface area contributed by atoms with E-state index in [9.17, 15) is 0 Å². The van der Waals surface area contributed by atoms with Crippen molar-refractivity contribution in [2.24, 2.45) is 0 Å². The van der Waals surface area contributed by atoms with Crippen LogP contribution in [0.2, 0.25) is 0 Å². The van der Waals surface area contributed by atoms with Gasteiger partial charge in [-0.1, -0.05) is 0 Å². The maximum absolute atomic E-state index is 8.89. The van der Waals surface area contributed by atoms with Gasteiger partial charge in [0.2, 0.25) is 0 Å². The quantitative estimate of drug-likeness (QED) is 0.651. The van der Waals surface area contributed by atoms with Crippen LogP contribution in [0.1, 0.15) is 5.69 Å². The largest absolute Gasteiger partial charge is 0.494 e. The Morgan fingerprint density at radius 1 is 1.54 bits per heavy atom. The molecule has 0 bridgehead atoms. The van der Waals surface area contributed by atoms with Crippen LogP contribution in [0.4, 0.5) is 0 Å². The summed E-state index contributed by atoms with van der Waals surface area (Å²) in [5, 5.41) is 8.89. The van der Waals surface area contributed by atoms with Gasteiger partial charge in [-0.2, -0.15) is 5.26 Å². The molecule has 0 amide bonds. The first-order chi connectivity index (χ1) is 6.36. The average Bonchev–Trinajstić information content (AvgIpc) is 2.63. The molecule has 0 N–H and O–H groups in total. The Balaban J connectivity index is 2.84. The smallest absolute Gasteiger partial charge is 0.168 e. The summed E-state index contributed by atoms with van der Waals surface area (Å²) in [6.45, 7) is 0. The van der Waals surface area contributed by atoms with Gasteiger partial charge >= 0.3 is 0 Å². The highest BCUT2D eigenvalue weighted by atomic mass is 16.5. The summed E-state index contributed by atoms with van der Waals surface area (Å²) in [6, 6.07) is 5.69. The van der Waals surface area contributed by atoms with Crippen molar-refractivity contribution < 1.29 is 4.74 Å². The van der Waals surface area contributed by atoms with E-state index in [0.717, 1.165) is 5.52 Å². The van der Waals surface area contributed by atoms with Gasteiger partial charge in [0.05, 0.1) is 18.8 Å². The second-order valence-corrected chi connectivity index (χ2v) is 2.55. The summed E-state index contributed by atoms with van der Waals surface area (Å²) in [5.41, 5.74) is 1.36. The van der Waals surface area contributed by atoms with E-state index in [4.69, 9.17) is 10.00 Å². The van der Waals surface area contributed by atoms with Gasteiger partial charge < -0.3 is 4.74 Å². The molecule has 4 heteroatoms. The molecule has 0 fully saturated rings. The summed E-state index contributed by atoms with van der Waals surface area (Å²) >= 11 is 0. The molecule has 2 rings (SSSR count). The highest BCUT2D eigenvalue weighted by Crippen LogP contribution is 2.18. The van der Waals surface area contributed by atoms with Crippen molar-refractivity contribution in [3.05, 3.63) is 30.4 Å². The van der Waals surface area contributed by atoms with Gasteiger partial charge in [0.15, 0.2) is 11.4 Å². The molecule has 0 radical (unpaired) electrons. The van der Waals surface area contributed by atoms with E-state index in [1.807, 2.05) is 6.07 Å². The number of rotatable bonds is 1. The lowest BCUT2D eigenvalue weighted by Crippen LogP contribution is -1.95. The van der Waals surface area contributed by atoms with E-state index < -0.39 is 0 Å². The fourth-order valence-corrected chi connectivity index (χ4v) is 1.25. The highest BCUT2D eigenvalue weighted by molar-refractivity contribution is 5.53. The van der Waals surface area contributed by atoms with Crippen LogP contribution in [0.15, 0.2) is 24.7 Å². The second kappa shape index (κ2) is 2.79. The molecule has 0 aromatic carbocycles. The van der Waals surface area contributed by atoms with Crippen molar-refractivity contribution in [2.75, 3.05) is 7.11 Å². The van der Waals surface area contributed by atoms with Crippen molar-refractivity contribution in [2.45, 2.75) is 0 Å². The topological polar surface area (TPSA) is 50.3 Å². The molecule has 0 aliphatic rings. The fraction of sp³-hybridized carbons (Fsp3) is 0.111. The predicted molar refractivity (Wildman–Crippen MR) is 46.5 cm³/mol. The summed E-state index contributed by atoms with van der Waals surface area (Å²) in [6.07, 6.45) is 3.29. The van der Waals surface area contributed by atoms with Crippen molar-refractivity contribution in [1.29, 1.82) is 5.26 Å². The van der Waals surface area contributed by atoms with Crippen molar-refractivity contribution in [1.82, 2.24) is 9.38 Å². The molecular weight excluding hydrogens is 166 g/mol. The summed E-state index contributed by atoms with van der Waals surface area (Å²) in [5.74, 6) is 0.563. The SMILES string of the molecule is COc1ccc2cncn2c1C#N. The van der Waals surface area contributed by atoms with Crippen LogP contribution < -0.4 is 4.74 Å². The minimum atomic E-state index is 0.470. The zero-order valence-corrected chi connectivity index (χ0v) is 7.06. The van der Waals surface area contributed by atoms with Crippen LogP contribution >= 0.6 is 0 Å². The average molecular weight is 173 g/mol. The van der Waals surface area contributed by atoms with Gasteiger partial charge in [-0.3, -0.25) is 4.40 Å². The Bertz CT molecular complexity index is 481. The van der Waals surface area contributed by atoms with E-state index in [-0.39, 0.29) is 0 Å². The number of hydrogen-bond donors (Lipinski definition) is 0. The normalized spacial score (nSPS) is 9.85. The molecule has 13 heavy (non-hydrogen) atoms. The first kappa shape index (κ1) is 7.62. The van der Waals surface area contributed by atoms with Gasteiger partial charge in [0, 0.05) is 0 Å². The Morgan fingerprint density at radius 2 is 2.38 bits per heavy atom. The summed E-state index contributed by atoms with van der Waals surface area (Å²) in [4.78, 5) is 3.94. The Labute approximate surface area is 75.0 Å². The number of nitriles is 1. The molecule has 0 atom stereocenters. The number of pyridine rings is 1. The Morgan fingerprint density at radius 3 is 3.08 bits per heavy atom. The van der Waals surface area contributed by atoms with Crippen LogP contribution in [0.5, 0.6) is 5.75 Å². The highest BCUT2D eigenvalue weighted by Gasteiger charge is 2.06. The third-order valence-corrected chi connectivity index (χ3v) is 1.87. The van der Waals surface area contributed by atoms with E-state index in [0.29, 0.717) is 11.4 Å². The Hall–Kier alpha value is -2.02. The van der Waals surface area contributed by atoms with Crippen molar-refractivity contribution in [3.63, 3.8) is 0 Å². The molecule has 0 saturated heterocycles. The van der Waals surface area contributed by atoms with Crippen LogP contribution in [0.25, 0.3) is 5.52 Å². The van der Waals surface area contributed by atoms with E-state index in [1.54, 1.807) is 30.1 Å². The number of ether oxygens (including phenoxy) is 1. The van der Waals surface area contributed by atoms with Gasteiger partial charge in [0.1, 0.15) is 12.4 Å². The molecule has 2 aromatic rings. The summed E-state index contributed by atoms with van der Waals surface area (Å²) in [7, 11) is 1.54. The predicted octanol–water partition coefficient (Wildman–Crippen LogP) is 1.21. The molecule has 2 heterocycles. The molecule has 4 nitrogen and oxygen atoms in total. The molecule has 0 aliphatic carbocycles. The van der Waals surface area contributed by atoms with Gasteiger partial charge in [-0.05, 0) is 12.1 Å². The number of nitrogens with zero attached hydrogens (tertiary/aromatic N) is 3. The standard InChI is InChI=1S/C9H7N3O/c1-13-9-3-2-7-5-11-6-12(7)8(9)4-10/h2-3,5-6H,1H3. The number of methoxy groups -OCH3 is 1. The molecule has 0 spiro atoms. The van der Waals surface area contributed by atoms with E-state index in [1.165, 1.54) is 0 Å². The zero-order chi connectivity index (χ0) is 9.26. The maximum Gasteiger partial charge on any atom is 0.168 e. The van der Waals surface area contributed by atoms with Crippen molar-refractivity contribution >= 4 is 5.52 Å². The number of aromatic nitrogens is 2. The second-order valence-electron chi connectivity index (χ2n) is 2.55. The fourth-order valence-electron chi connectivity index (χ4n) is 1.25. The van der Waals surface area contributed by atoms with Gasteiger partial charge in [-0.25, -0.2) is 4.98 Å². The molecule has 64 valence electrons. The first-order valence-electron chi connectivity index (χ1n) is 3.76. The molecule has 0 saturated carbocycles. The van der Waals surface area contributed by atoms with Crippen molar-refractivity contribution in [3.8, 4) is 11.8 Å². The van der Waals surface area contributed by atoms with Crippen LogP contribution in [-0.2, 0) is 0 Å². The maximum atomic E-state index is 8.89. The lowest BCUT2D eigenvalue weighted by molar-refractivity contribution is 0.411. The molecule has 0 unspecified atom stereocenters. The zero-order valence-electron chi connectivity index (χ0n) is 7.06. The molecule has 2 aromatic heterocycles. The lowest BCUT2D eigenvalue weighted by atomic mass is 10.3. The van der Waals surface area contributed by atoms with Gasteiger partial charge in [-0.15, -0.1) is 0 Å². The molecule has 0 aliphatic heterocycles. The van der Waals surface area contributed by atoms with Gasteiger partial charge in [0.25, 0.3) is 0 Å². The van der Waals surface area contributed by atoms with E-state index in [2.05, 4.69) is 11.1 Å². The first-order valence-corrected chi connectivity index (χ1v) is 3.76. The van der Waals surface area contributed by atoms with Crippen LogP contribution in [-0.4, -0.2) is 16.5 Å². The third kappa shape index (κ3) is 1.02. The monoisotopic (exact) mass is 173 g/mol. The van der Waals surface area contributed by atoms with E-state index >= 15 is 0 Å². The molecular formula is C9H7N3O. The minimum Gasteiger partial charge on any atom is -0.494 e. The third-order valence-electron chi connectivity index (χ3n) is 1.87. The summed E-state index contributed by atoms with van der Waals surface area (Å²) < 4.78 is 6.74. The number of fused-ring (bicyclic) bond motifs is 1. The number of imidazole rings is 1. The Kier molecular flexibility index (Phi) is 1.64. The van der Waals surface area contributed by atoms with Crippen LogP contribution in [0, 0.1) is 11.3 Å². The number of hydrogen-bond acceptors (Lipinski definition) is 3. The minimum absolute atomic E-state index is 0.470. The van der Waals surface area contributed by atoms with Crippen LogP contribution in [0.3, 0.4) is 0 Å². The lowest BCUT2D eigenvalue weighted by Gasteiger charge is -2.03.